The maximum Gasteiger partial charge on any atom is 0.191 e. The summed E-state index contributed by atoms with van der Waals surface area (Å²) in [6, 6.07) is 17.1. The molecule has 2 N–H and O–H groups in total. The van der Waals surface area contributed by atoms with E-state index < -0.39 is 0 Å². The number of ether oxygens (including phenoxy) is 2. The summed E-state index contributed by atoms with van der Waals surface area (Å²) in [4.78, 5) is 9.23. The first kappa shape index (κ1) is 24.4. The van der Waals surface area contributed by atoms with E-state index in [1.807, 2.05) is 19.2 Å². The molecule has 2 aromatic carbocycles. The zero-order valence-electron chi connectivity index (χ0n) is 18.9. The van der Waals surface area contributed by atoms with E-state index in [1.54, 1.807) is 7.11 Å². The first-order chi connectivity index (χ1) is 15.3. The Morgan fingerprint density at radius 2 is 1.75 bits per heavy atom. The van der Waals surface area contributed by atoms with Gasteiger partial charge in [-0.15, -0.1) is 24.0 Å². The number of benzene rings is 2. The number of methoxy groups -OCH3 is 1. The van der Waals surface area contributed by atoms with Gasteiger partial charge >= 0.3 is 0 Å². The molecule has 0 radical (unpaired) electrons. The predicted molar refractivity (Wildman–Crippen MR) is 142 cm³/mol. The molecule has 2 fully saturated rings. The molecule has 0 spiro atoms. The smallest absolute Gasteiger partial charge is 0.191 e. The van der Waals surface area contributed by atoms with Gasteiger partial charge in [0.25, 0.3) is 0 Å². The second kappa shape index (κ2) is 12.2. The van der Waals surface area contributed by atoms with Crippen molar-refractivity contribution in [3.63, 3.8) is 0 Å². The standard InChI is InChI=1S/C24H33N5O2.HI/c1-25-24(26-17-19-7-3-4-8-21(19)28-13-15-31-16-14-28)27-20-11-12-29(18-20)22-9-5-6-10-23(22)30-2;/h3-10,20H,11-18H2,1-2H3,(H2,25,26,27);1H. The zero-order valence-corrected chi connectivity index (χ0v) is 21.2. The average Bonchev–Trinajstić information content (AvgIpc) is 3.30. The molecule has 2 heterocycles. The highest BCUT2D eigenvalue weighted by molar-refractivity contribution is 14.0. The van der Waals surface area contributed by atoms with Gasteiger partial charge < -0.3 is 29.9 Å². The molecule has 0 aliphatic carbocycles. The maximum absolute atomic E-state index is 5.53. The fourth-order valence-corrected chi connectivity index (χ4v) is 4.33. The Labute approximate surface area is 208 Å². The highest BCUT2D eigenvalue weighted by atomic mass is 127. The molecule has 2 aromatic rings. The second-order valence-electron chi connectivity index (χ2n) is 7.90. The molecular formula is C24H34IN5O2. The molecule has 1 atom stereocenters. The van der Waals surface area contributed by atoms with Crippen molar-refractivity contribution in [2.75, 3.05) is 63.4 Å². The van der Waals surface area contributed by atoms with Crippen LogP contribution in [0.4, 0.5) is 11.4 Å². The van der Waals surface area contributed by atoms with E-state index in [0.717, 1.165) is 69.8 Å². The fraction of sp³-hybridized carbons (Fsp3) is 0.458. The maximum atomic E-state index is 5.53. The number of morpholine rings is 1. The van der Waals surface area contributed by atoms with Crippen LogP contribution in [0.3, 0.4) is 0 Å². The van der Waals surface area contributed by atoms with Crippen molar-refractivity contribution >= 4 is 41.3 Å². The first-order valence-electron chi connectivity index (χ1n) is 11.0. The van der Waals surface area contributed by atoms with Gasteiger partial charge in [-0.1, -0.05) is 30.3 Å². The summed E-state index contributed by atoms with van der Waals surface area (Å²) in [5, 5.41) is 7.10. The van der Waals surface area contributed by atoms with E-state index >= 15 is 0 Å². The Morgan fingerprint density at radius 3 is 2.50 bits per heavy atom. The monoisotopic (exact) mass is 551 g/mol. The van der Waals surface area contributed by atoms with Crippen LogP contribution in [0.1, 0.15) is 12.0 Å². The summed E-state index contributed by atoms with van der Waals surface area (Å²) in [5.41, 5.74) is 3.70. The normalized spacial score (nSPS) is 18.8. The van der Waals surface area contributed by atoms with Gasteiger partial charge in [0.15, 0.2) is 5.96 Å². The topological polar surface area (TPSA) is 61.4 Å². The molecule has 2 aliphatic heterocycles. The molecule has 1 unspecified atom stereocenters. The van der Waals surface area contributed by atoms with Crippen molar-refractivity contribution in [2.45, 2.75) is 19.0 Å². The van der Waals surface area contributed by atoms with Crippen LogP contribution >= 0.6 is 24.0 Å². The minimum atomic E-state index is 0. The highest BCUT2D eigenvalue weighted by Gasteiger charge is 2.25. The minimum absolute atomic E-state index is 0. The summed E-state index contributed by atoms with van der Waals surface area (Å²) in [5.74, 6) is 1.76. The van der Waals surface area contributed by atoms with E-state index in [9.17, 15) is 0 Å². The predicted octanol–water partition coefficient (Wildman–Crippen LogP) is 3.09. The highest BCUT2D eigenvalue weighted by Crippen LogP contribution is 2.30. The van der Waals surface area contributed by atoms with Crippen molar-refractivity contribution in [2.24, 2.45) is 4.99 Å². The van der Waals surface area contributed by atoms with Gasteiger partial charge in [0.05, 0.1) is 26.0 Å². The van der Waals surface area contributed by atoms with Crippen LogP contribution in [-0.4, -0.2) is 65.6 Å². The van der Waals surface area contributed by atoms with E-state index in [2.05, 4.69) is 61.8 Å². The Morgan fingerprint density at radius 1 is 1.03 bits per heavy atom. The summed E-state index contributed by atoms with van der Waals surface area (Å²) < 4.78 is 11.0. The Kier molecular flexibility index (Phi) is 9.28. The van der Waals surface area contributed by atoms with Gasteiger partial charge in [0, 0.05) is 51.5 Å². The Hall–Kier alpha value is -2.20. The zero-order chi connectivity index (χ0) is 21.5. The van der Waals surface area contributed by atoms with Crippen LogP contribution in [0.2, 0.25) is 0 Å². The number of nitrogens with one attached hydrogen (secondary N) is 2. The first-order valence-corrected chi connectivity index (χ1v) is 11.0. The molecule has 0 bridgehead atoms. The summed E-state index contributed by atoms with van der Waals surface area (Å²) in [7, 11) is 3.56. The molecule has 8 heteroatoms. The number of hydrogen-bond acceptors (Lipinski definition) is 5. The lowest BCUT2D eigenvalue weighted by molar-refractivity contribution is 0.122. The second-order valence-corrected chi connectivity index (χ2v) is 7.90. The number of nitrogens with zero attached hydrogens (tertiary/aromatic N) is 3. The van der Waals surface area contributed by atoms with Crippen molar-refractivity contribution in [3.05, 3.63) is 54.1 Å². The van der Waals surface area contributed by atoms with Crippen molar-refractivity contribution in [3.8, 4) is 5.75 Å². The lowest BCUT2D eigenvalue weighted by Gasteiger charge is -2.30. The number of hydrogen-bond donors (Lipinski definition) is 2. The molecule has 0 aromatic heterocycles. The summed E-state index contributed by atoms with van der Waals surface area (Å²) >= 11 is 0. The molecule has 2 saturated heterocycles. The van der Waals surface area contributed by atoms with Crippen LogP contribution in [0.5, 0.6) is 5.75 Å². The quantitative estimate of drug-likeness (QED) is 0.327. The number of aliphatic imine (C=N–C) groups is 1. The van der Waals surface area contributed by atoms with Crippen LogP contribution < -0.4 is 25.2 Å². The van der Waals surface area contributed by atoms with E-state index in [1.165, 1.54) is 11.3 Å². The molecule has 2 aliphatic rings. The molecule has 0 amide bonds. The third-order valence-electron chi connectivity index (χ3n) is 5.97. The molecular weight excluding hydrogens is 517 g/mol. The van der Waals surface area contributed by atoms with Crippen LogP contribution in [-0.2, 0) is 11.3 Å². The van der Waals surface area contributed by atoms with Crippen molar-refractivity contribution in [1.82, 2.24) is 10.6 Å². The SMILES string of the molecule is CN=C(NCc1ccccc1N1CCOCC1)NC1CCN(c2ccccc2OC)C1.I. The Balaban J connectivity index is 0.00000289. The van der Waals surface area contributed by atoms with Gasteiger partial charge in [0.1, 0.15) is 5.75 Å². The number of para-hydroxylation sites is 3. The van der Waals surface area contributed by atoms with Crippen LogP contribution in [0.25, 0.3) is 0 Å². The summed E-state index contributed by atoms with van der Waals surface area (Å²) in [6.07, 6.45) is 1.06. The molecule has 0 saturated carbocycles. The van der Waals surface area contributed by atoms with Crippen LogP contribution in [0, 0.1) is 0 Å². The lowest BCUT2D eigenvalue weighted by atomic mass is 10.1. The number of halogens is 1. The van der Waals surface area contributed by atoms with Crippen molar-refractivity contribution in [1.29, 1.82) is 0 Å². The van der Waals surface area contributed by atoms with Gasteiger partial charge in [-0.05, 0) is 30.2 Å². The Bertz CT molecular complexity index is 888. The largest absolute Gasteiger partial charge is 0.495 e. The fourth-order valence-electron chi connectivity index (χ4n) is 4.33. The lowest BCUT2D eigenvalue weighted by Crippen LogP contribution is -2.44. The number of guanidine groups is 1. The van der Waals surface area contributed by atoms with Crippen molar-refractivity contribution < 1.29 is 9.47 Å². The average molecular weight is 551 g/mol. The van der Waals surface area contributed by atoms with Crippen LogP contribution in [0.15, 0.2) is 53.5 Å². The number of rotatable bonds is 6. The third kappa shape index (κ3) is 5.98. The van der Waals surface area contributed by atoms with Gasteiger partial charge in [-0.3, -0.25) is 4.99 Å². The summed E-state index contributed by atoms with van der Waals surface area (Å²) in [6.45, 7) is 6.09. The minimum Gasteiger partial charge on any atom is -0.495 e. The van der Waals surface area contributed by atoms with E-state index in [-0.39, 0.29) is 24.0 Å². The van der Waals surface area contributed by atoms with Gasteiger partial charge in [0.2, 0.25) is 0 Å². The van der Waals surface area contributed by atoms with E-state index in [0.29, 0.717) is 6.04 Å². The number of anilines is 2. The van der Waals surface area contributed by atoms with E-state index in [4.69, 9.17) is 9.47 Å². The third-order valence-corrected chi connectivity index (χ3v) is 5.97. The molecule has 7 nitrogen and oxygen atoms in total. The van der Waals surface area contributed by atoms with Gasteiger partial charge in [-0.2, -0.15) is 0 Å². The molecule has 4 rings (SSSR count). The molecule has 174 valence electrons. The molecule has 32 heavy (non-hydrogen) atoms. The van der Waals surface area contributed by atoms with Gasteiger partial charge in [-0.25, -0.2) is 0 Å².